The van der Waals surface area contributed by atoms with Crippen LogP contribution in [0.1, 0.15) is 0 Å². The van der Waals surface area contributed by atoms with Crippen LogP contribution in [-0.2, 0) is 0 Å². The number of anilines is 2. The quantitative estimate of drug-likeness (QED) is 0.449. The molecule has 0 bridgehead atoms. The third-order valence-corrected chi connectivity index (χ3v) is 5.71. The van der Waals surface area contributed by atoms with Crippen LogP contribution >= 0.6 is 34.3 Å². The van der Waals surface area contributed by atoms with Crippen LogP contribution in [0.3, 0.4) is 0 Å². The number of fused-ring (bicyclic) bond motifs is 2. The van der Waals surface area contributed by atoms with E-state index >= 15 is 0 Å². The molecule has 3 aromatic heterocycles. The molecule has 122 valence electrons. The molecule has 0 unspecified atom stereocenters. The molecule has 0 amide bonds. The molecule has 0 saturated carbocycles. The lowest BCUT2D eigenvalue weighted by Gasteiger charge is -1.97. The van der Waals surface area contributed by atoms with E-state index < -0.39 is 0 Å². The Balaban J connectivity index is 1.51. The predicted octanol–water partition coefficient (Wildman–Crippen LogP) is 5.46. The number of hydrogen-bond acceptors (Lipinski definition) is 6. The van der Waals surface area contributed by atoms with Crippen molar-refractivity contribution in [3.63, 3.8) is 0 Å². The van der Waals surface area contributed by atoms with Gasteiger partial charge < -0.3 is 0 Å². The highest BCUT2D eigenvalue weighted by atomic mass is 35.5. The van der Waals surface area contributed by atoms with Crippen molar-refractivity contribution in [2.45, 2.75) is 0 Å². The van der Waals surface area contributed by atoms with Gasteiger partial charge in [-0.3, -0.25) is 5.32 Å². The molecule has 5 aromatic rings. The molecule has 0 aliphatic heterocycles. The smallest absolute Gasteiger partial charge is 0.250 e. The number of halogens is 1. The number of nitrogens with one attached hydrogen (secondary N) is 1. The Morgan fingerprint density at radius 1 is 1.04 bits per heavy atom. The zero-order valence-electron chi connectivity index (χ0n) is 12.7. The fourth-order valence-electron chi connectivity index (χ4n) is 2.59. The summed E-state index contributed by atoms with van der Waals surface area (Å²) >= 11 is 9.12. The molecular formula is C17H10ClN5S2. The molecule has 2 aromatic carbocycles. The van der Waals surface area contributed by atoms with Crippen molar-refractivity contribution in [3.05, 3.63) is 58.9 Å². The zero-order chi connectivity index (χ0) is 16.8. The van der Waals surface area contributed by atoms with Gasteiger partial charge in [0.1, 0.15) is 0 Å². The molecule has 0 aliphatic rings. The van der Waals surface area contributed by atoms with Crippen LogP contribution in [-0.4, -0.2) is 19.6 Å². The molecule has 0 fully saturated rings. The number of benzene rings is 2. The normalized spacial score (nSPS) is 11.4. The summed E-state index contributed by atoms with van der Waals surface area (Å²) in [5.74, 6) is 0.536. The Morgan fingerprint density at radius 3 is 2.80 bits per heavy atom. The SMILES string of the molecule is Clc1ccc2nc(Nc3nc4scc(-c5ccccc5)n4n3)sc2c1. The molecule has 3 heterocycles. The van der Waals surface area contributed by atoms with E-state index in [-0.39, 0.29) is 0 Å². The first-order valence-electron chi connectivity index (χ1n) is 7.49. The van der Waals surface area contributed by atoms with Crippen molar-refractivity contribution in [1.82, 2.24) is 19.6 Å². The minimum absolute atomic E-state index is 0.536. The third-order valence-electron chi connectivity index (χ3n) is 3.72. The molecule has 1 N–H and O–H groups in total. The summed E-state index contributed by atoms with van der Waals surface area (Å²) in [7, 11) is 0. The van der Waals surface area contributed by atoms with Crippen LogP contribution in [0.5, 0.6) is 0 Å². The number of aromatic nitrogens is 4. The van der Waals surface area contributed by atoms with Crippen LogP contribution in [0.2, 0.25) is 5.02 Å². The predicted molar refractivity (Wildman–Crippen MR) is 104 cm³/mol. The molecular weight excluding hydrogens is 374 g/mol. The van der Waals surface area contributed by atoms with Gasteiger partial charge in [-0.2, -0.15) is 4.98 Å². The van der Waals surface area contributed by atoms with Gasteiger partial charge in [0, 0.05) is 16.0 Å². The van der Waals surface area contributed by atoms with Crippen LogP contribution in [0, 0.1) is 0 Å². The van der Waals surface area contributed by atoms with Crippen molar-refractivity contribution >= 4 is 60.5 Å². The fourth-order valence-corrected chi connectivity index (χ4v) is 4.56. The summed E-state index contributed by atoms with van der Waals surface area (Å²) in [5, 5.41) is 11.3. The Labute approximate surface area is 155 Å². The Morgan fingerprint density at radius 2 is 1.92 bits per heavy atom. The van der Waals surface area contributed by atoms with E-state index in [2.05, 4.69) is 37.9 Å². The second-order valence-electron chi connectivity index (χ2n) is 5.37. The molecule has 0 spiro atoms. The molecule has 0 aliphatic carbocycles. The lowest BCUT2D eigenvalue weighted by atomic mass is 10.2. The van der Waals surface area contributed by atoms with Crippen molar-refractivity contribution in [2.24, 2.45) is 0 Å². The molecule has 0 radical (unpaired) electrons. The topological polar surface area (TPSA) is 55.1 Å². The van der Waals surface area contributed by atoms with Crippen LogP contribution in [0.15, 0.2) is 53.9 Å². The van der Waals surface area contributed by atoms with Gasteiger partial charge in [-0.1, -0.05) is 53.3 Å². The van der Waals surface area contributed by atoms with E-state index in [4.69, 9.17) is 11.6 Å². The summed E-state index contributed by atoms with van der Waals surface area (Å²) in [5.41, 5.74) is 3.04. The lowest BCUT2D eigenvalue weighted by molar-refractivity contribution is 0.988. The summed E-state index contributed by atoms with van der Waals surface area (Å²) in [6, 6.07) is 15.8. The van der Waals surface area contributed by atoms with Crippen LogP contribution in [0.4, 0.5) is 11.1 Å². The van der Waals surface area contributed by atoms with Gasteiger partial charge in [0.15, 0.2) is 5.13 Å². The number of hydrogen-bond donors (Lipinski definition) is 1. The van der Waals surface area contributed by atoms with E-state index in [1.165, 1.54) is 11.3 Å². The van der Waals surface area contributed by atoms with Gasteiger partial charge in [-0.25, -0.2) is 9.50 Å². The second-order valence-corrected chi connectivity index (χ2v) is 7.68. The summed E-state index contributed by atoms with van der Waals surface area (Å²) in [6.07, 6.45) is 0. The van der Waals surface area contributed by atoms with Crippen LogP contribution in [0.25, 0.3) is 26.4 Å². The van der Waals surface area contributed by atoms with Gasteiger partial charge in [0.25, 0.3) is 0 Å². The Bertz CT molecular complexity index is 1190. The van der Waals surface area contributed by atoms with Crippen LogP contribution < -0.4 is 5.32 Å². The van der Waals surface area contributed by atoms with E-state index in [0.717, 1.165) is 31.6 Å². The van der Waals surface area contributed by atoms with Gasteiger partial charge in [-0.15, -0.1) is 16.4 Å². The molecule has 5 nitrogen and oxygen atoms in total. The molecule has 8 heteroatoms. The first-order chi connectivity index (χ1) is 12.3. The molecule has 0 saturated heterocycles. The maximum absolute atomic E-state index is 6.03. The standard InChI is InChI=1S/C17H10ClN5S2/c18-11-6-7-12-14(8-11)25-16(19-12)20-15-21-17-23(22-15)13(9-24-17)10-4-2-1-3-5-10/h1-9H,(H,19,20,22). The zero-order valence-corrected chi connectivity index (χ0v) is 15.1. The third kappa shape index (κ3) is 2.66. The van der Waals surface area contributed by atoms with E-state index in [1.807, 2.05) is 40.9 Å². The highest BCUT2D eigenvalue weighted by Gasteiger charge is 2.13. The highest BCUT2D eigenvalue weighted by Crippen LogP contribution is 2.31. The molecule has 25 heavy (non-hydrogen) atoms. The van der Waals surface area contributed by atoms with E-state index in [0.29, 0.717) is 11.0 Å². The Kier molecular flexibility index (Phi) is 3.44. The number of rotatable bonds is 3. The first kappa shape index (κ1) is 14.8. The second kappa shape index (κ2) is 5.80. The van der Waals surface area contributed by atoms with Crippen molar-refractivity contribution in [3.8, 4) is 11.3 Å². The number of nitrogens with zero attached hydrogens (tertiary/aromatic N) is 4. The minimum atomic E-state index is 0.536. The van der Waals surface area contributed by atoms with Gasteiger partial charge in [0.05, 0.1) is 15.9 Å². The monoisotopic (exact) mass is 383 g/mol. The van der Waals surface area contributed by atoms with Crippen molar-refractivity contribution in [1.29, 1.82) is 0 Å². The summed E-state index contributed by atoms with van der Waals surface area (Å²) in [4.78, 5) is 9.93. The Hall–Kier alpha value is -2.48. The lowest BCUT2D eigenvalue weighted by Crippen LogP contribution is -1.93. The van der Waals surface area contributed by atoms with Crippen molar-refractivity contribution < 1.29 is 0 Å². The average Bonchev–Trinajstić information content (AvgIpc) is 3.29. The average molecular weight is 384 g/mol. The van der Waals surface area contributed by atoms with Crippen molar-refractivity contribution in [2.75, 3.05) is 5.32 Å². The fraction of sp³-hybridized carbons (Fsp3) is 0. The minimum Gasteiger partial charge on any atom is -0.299 e. The van der Waals surface area contributed by atoms with Gasteiger partial charge in [0.2, 0.25) is 10.9 Å². The maximum Gasteiger partial charge on any atom is 0.250 e. The maximum atomic E-state index is 6.03. The van der Waals surface area contributed by atoms with Gasteiger partial charge in [-0.05, 0) is 18.2 Å². The largest absolute Gasteiger partial charge is 0.299 e. The first-order valence-corrected chi connectivity index (χ1v) is 9.56. The number of thiazole rings is 2. The van der Waals surface area contributed by atoms with E-state index in [1.54, 1.807) is 11.3 Å². The molecule has 5 rings (SSSR count). The highest BCUT2D eigenvalue weighted by molar-refractivity contribution is 7.22. The summed E-state index contributed by atoms with van der Waals surface area (Å²) < 4.78 is 2.88. The summed E-state index contributed by atoms with van der Waals surface area (Å²) in [6.45, 7) is 0. The van der Waals surface area contributed by atoms with E-state index in [9.17, 15) is 0 Å². The van der Waals surface area contributed by atoms with Gasteiger partial charge >= 0.3 is 0 Å². The molecule has 0 atom stereocenters.